The molecule has 3 rings (SSSR count). The van der Waals surface area contributed by atoms with Gasteiger partial charge in [0.2, 0.25) is 0 Å². The highest BCUT2D eigenvalue weighted by atomic mass is 16.2. The van der Waals surface area contributed by atoms with Gasteiger partial charge in [-0.05, 0) is 26.3 Å². The monoisotopic (exact) mass is 252 g/mol. The quantitative estimate of drug-likeness (QED) is 0.668. The number of nitrogens with one attached hydrogen (secondary N) is 1. The first-order valence-electron chi connectivity index (χ1n) is 7.26. The number of carbonyl (C=O) groups is 1. The van der Waals surface area contributed by atoms with Crippen LogP contribution in [0.3, 0.4) is 0 Å². The van der Waals surface area contributed by atoms with Crippen LogP contribution < -0.4 is 5.32 Å². The zero-order valence-electron chi connectivity index (χ0n) is 11.3. The minimum atomic E-state index is 0.260. The molecule has 3 fully saturated rings. The smallest absolute Gasteiger partial charge is 0.320 e. The third-order valence-corrected chi connectivity index (χ3v) is 4.57. The van der Waals surface area contributed by atoms with Gasteiger partial charge in [0.05, 0.1) is 0 Å². The molecule has 1 N–H and O–H groups in total. The second kappa shape index (κ2) is 5.05. The summed E-state index contributed by atoms with van der Waals surface area (Å²) >= 11 is 0. The Morgan fingerprint density at radius 3 is 2.72 bits per heavy atom. The summed E-state index contributed by atoms with van der Waals surface area (Å²) in [4.78, 5) is 19.2. The first-order valence-corrected chi connectivity index (χ1v) is 7.26. The van der Waals surface area contributed by atoms with Gasteiger partial charge in [-0.2, -0.15) is 0 Å². The van der Waals surface area contributed by atoms with E-state index in [1.165, 1.54) is 19.4 Å². The summed E-state index contributed by atoms with van der Waals surface area (Å²) in [5, 5.41) is 3.30. The SMILES string of the molecule is CC1CN2CCCC2CN1C(=O)N1CCNCC1. The van der Waals surface area contributed by atoms with Gasteiger partial charge in [0.1, 0.15) is 0 Å². The first kappa shape index (κ1) is 12.2. The Morgan fingerprint density at radius 1 is 1.17 bits per heavy atom. The van der Waals surface area contributed by atoms with Crippen LogP contribution in [-0.2, 0) is 0 Å². The second-order valence-electron chi connectivity index (χ2n) is 5.81. The fourth-order valence-corrected chi connectivity index (χ4v) is 3.49. The molecule has 2 unspecified atom stereocenters. The number of urea groups is 1. The summed E-state index contributed by atoms with van der Waals surface area (Å²) in [6.45, 7) is 8.99. The van der Waals surface area contributed by atoms with Crippen molar-refractivity contribution in [1.82, 2.24) is 20.0 Å². The van der Waals surface area contributed by atoms with Gasteiger partial charge in [0.15, 0.2) is 0 Å². The van der Waals surface area contributed by atoms with Crippen LogP contribution >= 0.6 is 0 Å². The summed E-state index contributed by atoms with van der Waals surface area (Å²) in [6, 6.07) is 1.24. The third-order valence-electron chi connectivity index (χ3n) is 4.57. The Balaban J connectivity index is 1.65. The Hall–Kier alpha value is -0.810. The Labute approximate surface area is 109 Å². The van der Waals surface area contributed by atoms with Crippen molar-refractivity contribution in [2.24, 2.45) is 0 Å². The largest absolute Gasteiger partial charge is 0.322 e. The minimum Gasteiger partial charge on any atom is -0.322 e. The van der Waals surface area contributed by atoms with Gasteiger partial charge in [-0.3, -0.25) is 4.90 Å². The summed E-state index contributed by atoms with van der Waals surface area (Å²) < 4.78 is 0. The summed E-state index contributed by atoms with van der Waals surface area (Å²) in [5.41, 5.74) is 0. The number of fused-ring (bicyclic) bond motifs is 1. The lowest BCUT2D eigenvalue weighted by Crippen LogP contribution is -2.61. The fourth-order valence-electron chi connectivity index (χ4n) is 3.49. The number of hydrogen-bond donors (Lipinski definition) is 1. The van der Waals surface area contributed by atoms with E-state index in [-0.39, 0.29) is 6.03 Å². The molecule has 0 aliphatic carbocycles. The molecular weight excluding hydrogens is 228 g/mol. The zero-order chi connectivity index (χ0) is 12.5. The van der Waals surface area contributed by atoms with Gasteiger partial charge >= 0.3 is 6.03 Å². The van der Waals surface area contributed by atoms with Gasteiger partial charge in [-0.25, -0.2) is 4.79 Å². The molecule has 0 saturated carbocycles. The molecule has 3 saturated heterocycles. The molecule has 102 valence electrons. The second-order valence-corrected chi connectivity index (χ2v) is 5.81. The fraction of sp³-hybridized carbons (Fsp3) is 0.923. The number of carbonyl (C=O) groups excluding carboxylic acids is 1. The van der Waals surface area contributed by atoms with Crippen LogP contribution in [0.5, 0.6) is 0 Å². The van der Waals surface area contributed by atoms with Crippen molar-refractivity contribution in [3.8, 4) is 0 Å². The van der Waals surface area contributed by atoms with Crippen LogP contribution in [-0.4, -0.2) is 78.6 Å². The molecule has 0 bridgehead atoms. The maximum Gasteiger partial charge on any atom is 0.320 e. The Bertz CT molecular complexity index is 316. The molecule has 0 aromatic carbocycles. The molecule has 0 aromatic rings. The van der Waals surface area contributed by atoms with Crippen LogP contribution in [0.1, 0.15) is 19.8 Å². The van der Waals surface area contributed by atoms with E-state index in [1.807, 2.05) is 4.90 Å². The number of nitrogens with zero attached hydrogens (tertiary/aromatic N) is 3. The highest BCUT2D eigenvalue weighted by Gasteiger charge is 2.37. The average Bonchev–Trinajstić information content (AvgIpc) is 2.85. The van der Waals surface area contributed by atoms with Gasteiger partial charge < -0.3 is 15.1 Å². The lowest BCUT2D eigenvalue weighted by molar-refractivity contribution is 0.0612. The van der Waals surface area contributed by atoms with Crippen LogP contribution in [0, 0.1) is 0 Å². The minimum absolute atomic E-state index is 0.260. The van der Waals surface area contributed by atoms with E-state index in [2.05, 4.69) is 22.0 Å². The Morgan fingerprint density at radius 2 is 1.94 bits per heavy atom. The van der Waals surface area contributed by atoms with Crippen molar-refractivity contribution in [2.75, 3.05) is 45.8 Å². The van der Waals surface area contributed by atoms with Crippen LogP contribution in [0.25, 0.3) is 0 Å². The van der Waals surface area contributed by atoms with E-state index in [9.17, 15) is 4.79 Å². The summed E-state index contributed by atoms with van der Waals surface area (Å²) in [5.74, 6) is 0. The normalized spacial score (nSPS) is 33.6. The third kappa shape index (κ3) is 2.21. The molecule has 0 spiro atoms. The summed E-state index contributed by atoms with van der Waals surface area (Å²) in [7, 11) is 0. The van der Waals surface area contributed by atoms with Crippen LogP contribution in [0.2, 0.25) is 0 Å². The molecule has 2 amide bonds. The van der Waals surface area contributed by atoms with E-state index in [0.29, 0.717) is 12.1 Å². The first-order chi connectivity index (χ1) is 8.75. The number of amides is 2. The van der Waals surface area contributed by atoms with Gasteiger partial charge in [0, 0.05) is 51.4 Å². The van der Waals surface area contributed by atoms with Crippen molar-refractivity contribution >= 4 is 6.03 Å². The van der Waals surface area contributed by atoms with Crippen molar-refractivity contribution < 1.29 is 4.79 Å². The van der Waals surface area contributed by atoms with Gasteiger partial charge in [-0.15, -0.1) is 0 Å². The Kier molecular flexibility index (Phi) is 3.43. The molecule has 3 aliphatic heterocycles. The van der Waals surface area contributed by atoms with Crippen molar-refractivity contribution in [3.05, 3.63) is 0 Å². The van der Waals surface area contributed by atoms with E-state index in [1.54, 1.807) is 0 Å². The van der Waals surface area contributed by atoms with E-state index < -0.39 is 0 Å². The summed E-state index contributed by atoms with van der Waals surface area (Å²) in [6.07, 6.45) is 2.56. The average molecular weight is 252 g/mol. The van der Waals surface area contributed by atoms with E-state index in [0.717, 1.165) is 39.3 Å². The molecule has 3 heterocycles. The highest BCUT2D eigenvalue weighted by Crippen LogP contribution is 2.25. The van der Waals surface area contributed by atoms with Crippen LogP contribution in [0.4, 0.5) is 4.79 Å². The lowest BCUT2D eigenvalue weighted by Gasteiger charge is -2.44. The van der Waals surface area contributed by atoms with Crippen molar-refractivity contribution in [1.29, 1.82) is 0 Å². The highest BCUT2D eigenvalue weighted by molar-refractivity contribution is 5.75. The molecule has 3 aliphatic rings. The molecule has 0 radical (unpaired) electrons. The predicted molar refractivity (Wildman–Crippen MR) is 70.6 cm³/mol. The number of rotatable bonds is 0. The molecular formula is C13H24N4O. The molecule has 2 atom stereocenters. The van der Waals surface area contributed by atoms with Crippen molar-refractivity contribution in [3.63, 3.8) is 0 Å². The standard InChI is InChI=1S/C13H24N4O/c1-11-9-16-6-2-3-12(16)10-17(11)13(18)15-7-4-14-5-8-15/h11-12,14H,2-10H2,1H3. The van der Waals surface area contributed by atoms with Gasteiger partial charge in [0.25, 0.3) is 0 Å². The van der Waals surface area contributed by atoms with Crippen LogP contribution in [0.15, 0.2) is 0 Å². The molecule has 0 aromatic heterocycles. The maximum absolute atomic E-state index is 12.6. The predicted octanol–water partition coefficient (Wildman–Crippen LogP) is 0.180. The van der Waals surface area contributed by atoms with E-state index >= 15 is 0 Å². The van der Waals surface area contributed by atoms with Gasteiger partial charge in [-0.1, -0.05) is 0 Å². The molecule has 5 heteroatoms. The lowest BCUT2D eigenvalue weighted by atomic mass is 10.1. The van der Waals surface area contributed by atoms with Crippen molar-refractivity contribution in [2.45, 2.75) is 31.8 Å². The number of piperazine rings is 2. The molecule has 18 heavy (non-hydrogen) atoms. The molecule has 5 nitrogen and oxygen atoms in total. The number of hydrogen-bond acceptors (Lipinski definition) is 3. The topological polar surface area (TPSA) is 38.8 Å². The maximum atomic E-state index is 12.6. The zero-order valence-corrected chi connectivity index (χ0v) is 11.3. The van der Waals surface area contributed by atoms with E-state index in [4.69, 9.17) is 0 Å².